The minimum Gasteiger partial charge on any atom is -0.127 e. The van der Waals surface area contributed by atoms with Crippen molar-refractivity contribution in [1.82, 2.24) is 0 Å². The summed E-state index contributed by atoms with van der Waals surface area (Å²) in [5, 5.41) is 0.168. The topological polar surface area (TPSA) is 0 Å². The van der Waals surface area contributed by atoms with Crippen LogP contribution in [0.25, 0.3) is 0 Å². The molecule has 0 spiro atoms. The lowest BCUT2D eigenvalue weighted by Crippen LogP contribution is -2.16. The normalized spacial score (nSPS) is 19.6. The smallest absolute Gasteiger partial charge is 0.0364 e. The van der Waals surface area contributed by atoms with E-state index in [2.05, 4.69) is 0 Å². The average Bonchev–Trinajstić information content (AvgIpc) is 2.00. The van der Waals surface area contributed by atoms with Gasteiger partial charge in [0, 0.05) is 27.4 Å². The first-order valence-corrected chi connectivity index (χ1v) is 7.36. The SMILES string of the molecule is CC(Cl)CC(Cl)CC(Cl)CC(Cl)CCCl. The predicted molar refractivity (Wildman–Crippen MR) is 73.4 cm³/mol. The van der Waals surface area contributed by atoms with E-state index in [0.29, 0.717) is 5.88 Å². The van der Waals surface area contributed by atoms with E-state index in [9.17, 15) is 0 Å². The van der Waals surface area contributed by atoms with Crippen LogP contribution in [0.5, 0.6) is 0 Å². The van der Waals surface area contributed by atoms with Crippen LogP contribution >= 0.6 is 58.0 Å². The fourth-order valence-electron chi connectivity index (χ4n) is 1.34. The molecule has 4 unspecified atom stereocenters. The molecule has 0 rings (SSSR count). The van der Waals surface area contributed by atoms with Gasteiger partial charge in [0.25, 0.3) is 0 Å². The maximum Gasteiger partial charge on any atom is 0.0364 e. The van der Waals surface area contributed by atoms with Crippen molar-refractivity contribution in [3.05, 3.63) is 0 Å². The number of rotatable bonds is 8. The van der Waals surface area contributed by atoms with Gasteiger partial charge in [-0.2, -0.15) is 0 Å². The highest BCUT2D eigenvalue weighted by atomic mass is 35.5. The molecule has 0 saturated heterocycles. The van der Waals surface area contributed by atoms with Gasteiger partial charge in [0.2, 0.25) is 0 Å². The van der Waals surface area contributed by atoms with E-state index in [1.54, 1.807) is 0 Å². The molecule has 0 aromatic heterocycles. The summed E-state index contributed by atoms with van der Waals surface area (Å²) in [6, 6.07) is 0. The molecule has 0 radical (unpaired) electrons. The maximum atomic E-state index is 6.13. The standard InChI is InChI=1S/C10H17Cl5/c1-7(12)4-9(14)6-10(15)5-8(13)2-3-11/h7-10H,2-6H2,1H3. The van der Waals surface area contributed by atoms with Gasteiger partial charge < -0.3 is 0 Å². The summed E-state index contributed by atoms with van der Waals surface area (Å²) >= 11 is 29.7. The van der Waals surface area contributed by atoms with E-state index in [1.807, 2.05) is 6.92 Å². The Kier molecular flexibility index (Phi) is 10.4. The van der Waals surface area contributed by atoms with E-state index < -0.39 is 0 Å². The molecule has 4 atom stereocenters. The molecular formula is C10H17Cl5. The minimum absolute atomic E-state index is 0.00799. The van der Waals surface area contributed by atoms with Gasteiger partial charge in [-0.25, -0.2) is 0 Å². The zero-order valence-corrected chi connectivity index (χ0v) is 12.5. The third-order valence-corrected chi connectivity index (χ3v) is 3.53. The van der Waals surface area contributed by atoms with Gasteiger partial charge in [0.15, 0.2) is 0 Å². The largest absolute Gasteiger partial charge is 0.127 e. The Balaban J connectivity index is 3.67. The molecule has 0 nitrogen and oxygen atoms in total. The molecule has 0 aliphatic rings. The van der Waals surface area contributed by atoms with Gasteiger partial charge in [0.05, 0.1) is 0 Å². The van der Waals surface area contributed by atoms with E-state index in [1.165, 1.54) is 0 Å². The third kappa shape index (κ3) is 10.3. The van der Waals surface area contributed by atoms with Gasteiger partial charge in [-0.3, -0.25) is 0 Å². The summed E-state index contributed by atoms with van der Waals surface area (Å²) in [5.74, 6) is 0.570. The van der Waals surface area contributed by atoms with Crippen LogP contribution in [0.4, 0.5) is 0 Å². The van der Waals surface area contributed by atoms with Crippen LogP contribution in [0.1, 0.15) is 32.6 Å². The van der Waals surface area contributed by atoms with Crippen molar-refractivity contribution in [3.63, 3.8) is 0 Å². The number of hydrogen-bond donors (Lipinski definition) is 0. The lowest BCUT2D eigenvalue weighted by Gasteiger charge is -2.17. The lowest BCUT2D eigenvalue weighted by atomic mass is 10.1. The molecule has 0 fully saturated rings. The molecule has 0 aromatic carbocycles. The summed E-state index contributed by atoms with van der Waals surface area (Å²) in [6.45, 7) is 1.93. The lowest BCUT2D eigenvalue weighted by molar-refractivity contribution is 0.604. The van der Waals surface area contributed by atoms with Crippen LogP contribution in [0.15, 0.2) is 0 Å². The Hall–Kier alpha value is 1.45. The quantitative estimate of drug-likeness (QED) is 0.538. The van der Waals surface area contributed by atoms with Gasteiger partial charge in [-0.15, -0.1) is 58.0 Å². The molecule has 0 N–H and O–H groups in total. The number of alkyl halides is 5. The monoisotopic (exact) mass is 312 g/mol. The highest BCUT2D eigenvalue weighted by Gasteiger charge is 2.17. The Labute approximate surface area is 118 Å². The molecule has 0 aliphatic heterocycles. The van der Waals surface area contributed by atoms with Crippen LogP contribution in [-0.2, 0) is 0 Å². The van der Waals surface area contributed by atoms with Crippen LogP contribution in [0, 0.1) is 0 Å². The van der Waals surface area contributed by atoms with E-state index in [4.69, 9.17) is 58.0 Å². The summed E-state index contributed by atoms with van der Waals surface area (Å²) in [5.41, 5.74) is 0. The fourth-order valence-corrected chi connectivity index (χ4v) is 3.44. The molecule has 0 aromatic rings. The molecule has 0 amide bonds. The van der Waals surface area contributed by atoms with Crippen molar-refractivity contribution in [2.75, 3.05) is 5.88 Å². The van der Waals surface area contributed by atoms with Gasteiger partial charge in [-0.05, 0) is 32.6 Å². The fraction of sp³-hybridized carbons (Fsp3) is 1.00. The maximum absolute atomic E-state index is 6.13. The van der Waals surface area contributed by atoms with Crippen LogP contribution in [0.2, 0.25) is 0 Å². The number of hydrogen-bond acceptors (Lipinski definition) is 0. The zero-order valence-electron chi connectivity index (χ0n) is 8.73. The molecule has 0 aliphatic carbocycles. The Morgan fingerprint density at radius 1 is 0.800 bits per heavy atom. The summed E-state index contributed by atoms with van der Waals surface area (Å²) in [6.07, 6.45) is 3.04. The van der Waals surface area contributed by atoms with Crippen molar-refractivity contribution >= 4 is 58.0 Å². The van der Waals surface area contributed by atoms with Gasteiger partial charge >= 0.3 is 0 Å². The summed E-state index contributed by atoms with van der Waals surface area (Å²) in [7, 11) is 0. The highest BCUT2D eigenvalue weighted by molar-refractivity contribution is 6.26. The van der Waals surface area contributed by atoms with E-state index >= 15 is 0 Å². The van der Waals surface area contributed by atoms with E-state index in [-0.39, 0.29) is 21.5 Å². The molecule has 0 saturated carbocycles. The molecule has 92 valence electrons. The second kappa shape index (κ2) is 9.48. The van der Waals surface area contributed by atoms with Crippen molar-refractivity contribution in [3.8, 4) is 0 Å². The first-order chi connectivity index (χ1) is 6.95. The van der Waals surface area contributed by atoms with Gasteiger partial charge in [0.1, 0.15) is 0 Å². The first-order valence-electron chi connectivity index (χ1n) is 5.08. The van der Waals surface area contributed by atoms with Crippen LogP contribution in [-0.4, -0.2) is 27.4 Å². The van der Waals surface area contributed by atoms with Crippen molar-refractivity contribution < 1.29 is 0 Å². The highest BCUT2D eigenvalue weighted by Crippen LogP contribution is 2.23. The summed E-state index contributed by atoms with van der Waals surface area (Å²) in [4.78, 5) is 0. The summed E-state index contributed by atoms with van der Waals surface area (Å²) < 4.78 is 0. The number of halogens is 5. The zero-order chi connectivity index (χ0) is 11.8. The molecule has 5 heteroatoms. The minimum atomic E-state index is 0.00799. The molecular weight excluding hydrogens is 297 g/mol. The Bertz CT molecular complexity index is 151. The Morgan fingerprint density at radius 3 is 1.73 bits per heavy atom. The van der Waals surface area contributed by atoms with Crippen molar-refractivity contribution in [2.24, 2.45) is 0 Å². The Morgan fingerprint density at radius 2 is 1.27 bits per heavy atom. The molecule has 0 heterocycles. The van der Waals surface area contributed by atoms with Crippen molar-refractivity contribution in [2.45, 2.75) is 54.1 Å². The second-order valence-corrected chi connectivity index (χ2v) is 6.73. The second-order valence-electron chi connectivity index (χ2n) is 3.76. The van der Waals surface area contributed by atoms with Crippen LogP contribution < -0.4 is 0 Å². The predicted octanol–water partition coefficient (Wildman–Crippen LogP) is 5.24. The van der Waals surface area contributed by atoms with Gasteiger partial charge in [-0.1, -0.05) is 0 Å². The van der Waals surface area contributed by atoms with E-state index in [0.717, 1.165) is 25.7 Å². The molecule has 0 bridgehead atoms. The van der Waals surface area contributed by atoms with Crippen molar-refractivity contribution in [1.29, 1.82) is 0 Å². The first kappa shape index (κ1) is 16.4. The van der Waals surface area contributed by atoms with Crippen LogP contribution in [0.3, 0.4) is 0 Å². The molecule has 15 heavy (non-hydrogen) atoms. The average molecular weight is 315 g/mol. The third-order valence-electron chi connectivity index (χ3n) is 2.03.